The van der Waals surface area contributed by atoms with E-state index in [2.05, 4.69) is 10.3 Å². The second kappa shape index (κ2) is 4.50. The SMILES string of the molecule is Cc1cc(=O)oc(C)c1C(=O)Nc1nccs1. The van der Waals surface area contributed by atoms with Crippen LogP contribution in [-0.4, -0.2) is 10.9 Å². The van der Waals surface area contributed by atoms with Crippen LogP contribution >= 0.6 is 11.3 Å². The van der Waals surface area contributed by atoms with Gasteiger partial charge in [-0.3, -0.25) is 10.1 Å². The smallest absolute Gasteiger partial charge is 0.336 e. The molecule has 2 heterocycles. The van der Waals surface area contributed by atoms with Crippen LogP contribution in [0.1, 0.15) is 21.7 Å². The van der Waals surface area contributed by atoms with Crippen LogP contribution in [0.2, 0.25) is 0 Å². The van der Waals surface area contributed by atoms with Crippen molar-refractivity contribution in [3.8, 4) is 0 Å². The van der Waals surface area contributed by atoms with Gasteiger partial charge in [0.2, 0.25) is 0 Å². The number of amides is 1. The van der Waals surface area contributed by atoms with Crippen molar-refractivity contribution in [3.63, 3.8) is 0 Å². The number of nitrogens with zero attached hydrogens (tertiary/aromatic N) is 1. The lowest BCUT2D eigenvalue weighted by Crippen LogP contribution is -2.17. The zero-order chi connectivity index (χ0) is 12.4. The van der Waals surface area contributed by atoms with Gasteiger partial charge in [0.15, 0.2) is 5.13 Å². The zero-order valence-corrected chi connectivity index (χ0v) is 10.1. The third-order valence-corrected chi connectivity index (χ3v) is 2.90. The molecule has 0 unspecified atom stereocenters. The van der Waals surface area contributed by atoms with Crippen LogP contribution in [0.15, 0.2) is 26.9 Å². The molecule has 0 aliphatic carbocycles. The maximum absolute atomic E-state index is 12.0. The highest BCUT2D eigenvalue weighted by molar-refractivity contribution is 7.13. The highest BCUT2D eigenvalue weighted by Crippen LogP contribution is 2.16. The van der Waals surface area contributed by atoms with Crippen LogP contribution in [-0.2, 0) is 0 Å². The van der Waals surface area contributed by atoms with Crippen molar-refractivity contribution in [2.45, 2.75) is 13.8 Å². The highest BCUT2D eigenvalue weighted by Gasteiger charge is 2.15. The summed E-state index contributed by atoms with van der Waals surface area (Å²) in [6.45, 7) is 3.28. The van der Waals surface area contributed by atoms with Gasteiger partial charge in [0, 0.05) is 17.6 Å². The average molecular weight is 250 g/mol. The molecule has 1 N–H and O–H groups in total. The van der Waals surface area contributed by atoms with Crippen molar-refractivity contribution in [1.82, 2.24) is 4.98 Å². The summed E-state index contributed by atoms with van der Waals surface area (Å²) in [7, 11) is 0. The Labute approximate surface area is 101 Å². The topological polar surface area (TPSA) is 72.2 Å². The quantitative estimate of drug-likeness (QED) is 0.884. The summed E-state index contributed by atoms with van der Waals surface area (Å²) >= 11 is 1.33. The Morgan fingerprint density at radius 3 is 2.82 bits per heavy atom. The van der Waals surface area contributed by atoms with E-state index in [1.165, 1.54) is 17.4 Å². The fourth-order valence-corrected chi connectivity index (χ4v) is 2.07. The van der Waals surface area contributed by atoms with Crippen molar-refractivity contribution >= 4 is 22.4 Å². The number of anilines is 1. The van der Waals surface area contributed by atoms with E-state index in [0.717, 1.165) is 0 Å². The van der Waals surface area contributed by atoms with E-state index >= 15 is 0 Å². The van der Waals surface area contributed by atoms with E-state index in [4.69, 9.17) is 4.42 Å². The minimum atomic E-state index is -0.453. The summed E-state index contributed by atoms with van der Waals surface area (Å²) in [6, 6.07) is 1.30. The van der Waals surface area contributed by atoms with Crippen LogP contribution < -0.4 is 10.9 Å². The van der Waals surface area contributed by atoms with Gasteiger partial charge < -0.3 is 4.42 Å². The predicted octanol–water partition coefficient (Wildman–Crippen LogP) is 1.97. The molecule has 0 radical (unpaired) electrons. The molecule has 17 heavy (non-hydrogen) atoms. The molecule has 2 aromatic rings. The second-order valence-electron chi connectivity index (χ2n) is 3.47. The Bertz CT molecular complexity index is 575. The van der Waals surface area contributed by atoms with E-state index in [9.17, 15) is 9.59 Å². The van der Waals surface area contributed by atoms with E-state index in [-0.39, 0.29) is 5.91 Å². The third-order valence-electron chi connectivity index (χ3n) is 2.21. The number of aromatic nitrogens is 1. The van der Waals surface area contributed by atoms with Crippen molar-refractivity contribution in [2.24, 2.45) is 0 Å². The van der Waals surface area contributed by atoms with Crippen molar-refractivity contribution in [2.75, 3.05) is 5.32 Å². The van der Waals surface area contributed by atoms with E-state index in [1.807, 2.05) is 0 Å². The first kappa shape index (κ1) is 11.5. The van der Waals surface area contributed by atoms with E-state index < -0.39 is 5.63 Å². The summed E-state index contributed by atoms with van der Waals surface area (Å²) in [5.74, 6) is -0.0113. The molecule has 0 aromatic carbocycles. The van der Waals surface area contributed by atoms with Crippen molar-refractivity contribution < 1.29 is 9.21 Å². The van der Waals surface area contributed by atoms with Gasteiger partial charge in [-0.05, 0) is 19.4 Å². The number of rotatable bonds is 2. The maximum atomic E-state index is 12.0. The Balaban J connectivity index is 2.34. The Kier molecular flexibility index (Phi) is 3.06. The first-order chi connectivity index (χ1) is 8.08. The standard InChI is InChI=1S/C11H10N2O3S/c1-6-5-8(14)16-7(2)9(6)10(15)13-11-12-3-4-17-11/h3-5H,1-2H3,(H,12,13,15). The van der Waals surface area contributed by atoms with Gasteiger partial charge in [-0.2, -0.15) is 0 Å². The van der Waals surface area contributed by atoms with Crippen molar-refractivity contribution in [3.05, 3.63) is 45.0 Å². The molecule has 6 heteroatoms. The summed E-state index contributed by atoms with van der Waals surface area (Å²) in [5, 5.41) is 4.92. The number of carbonyl (C=O) groups excluding carboxylic acids is 1. The van der Waals surface area contributed by atoms with E-state index in [1.54, 1.807) is 25.4 Å². The first-order valence-electron chi connectivity index (χ1n) is 4.90. The van der Waals surface area contributed by atoms with Crippen LogP contribution in [0.25, 0.3) is 0 Å². The molecule has 0 aliphatic rings. The fourth-order valence-electron chi connectivity index (χ4n) is 1.54. The Morgan fingerprint density at radius 1 is 1.47 bits per heavy atom. The largest absolute Gasteiger partial charge is 0.427 e. The number of aryl methyl sites for hydroxylation is 2. The number of carbonyl (C=O) groups is 1. The van der Waals surface area contributed by atoms with E-state index in [0.29, 0.717) is 22.0 Å². The molecular formula is C11H10N2O3S. The molecule has 0 saturated carbocycles. The van der Waals surface area contributed by atoms with Gasteiger partial charge in [0.1, 0.15) is 5.76 Å². The molecule has 0 fully saturated rings. The van der Waals surface area contributed by atoms with Gasteiger partial charge >= 0.3 is 5.63 Å². The number of hydrogen-bond donors (Lipinski definition) is 1. The lowest BCUT2D eigenvalue weighted by molar-refractivity contribution is 0.102. The average Bonchev–Trinajstić information content (AvgIpc) is 2.68. The second-order valence-corrected chi connectivity index (χ2v) is 4.37. The minimum Gasteiger partial charge on any atom is -0.427 e. The monoisotopic (exact) mass is 250 g/mol. The minimum absolute atomic E-state index is 0.309. The normalized spacial score (nSPS) is 10.2. The van der Waals surface area contributed by atoms with Crippen molar-refractivity contribution in [1.29, 1.82) is 0 Å². The summed E-state index contributed by atoms with van der Waals surface area (Å²) in [4.78, 5) is 27.0. The molecule has 5 nitrogen and oxygen atoms in total. The molecule has 0 spiro atoms. The molecule has 2 aromatic heterocycles. The molecular weight excluding hydrogens is 240 g/mol. The lowest BCUT2D eigenvalue weighted by atomic mass is 10.1. The number of hydrogen-bond acceptors (Lipinski definition) is 5. The first-order valence-corrected chi connectivity index (χ1v) is 5.78. The molecule has 0 aliphatic heterocycles. The lowest BCUT2D eigenvalue weighted by Gasteiger charge is -2.06. The maximum Gasteiger partial charge on any atom is 0.336 e. The van der Waals surface area contributed by atoms with Gasteiger partial charge in [0.25, 0.3) is 5.91 Å². The molecule has 2 rings (SSSR count). The van der Waals surface area contributed by atoms with Gasteiger partial charge in [-0.15, -0.1) is 11.3 Å². The van der Waals surface area contributed by atoms with Crippen LogP contribution in [0.4, 0.5) is 5.13 Å². The van der Waals surface area contributed by atoms with Gasteiger partial charge in [0.05, 0.1) is 5.56 Å². The number of thiazole rings is 1. The molecule has 0 bridgehead atoms. The van der Waals surface area contributed by atoms with Crippen LogP contribution in [0.5, 0.6) is 0 Å². The van der Waals surface area contributed by atoms with Gasteiger partial charge in [-0.25, -0.2) is 9.78 Å². The zero-order valence-electron chi connectivity index (χ0n) is 9.31. The molecule has 1 amide bonds. The summed E-state index contributed by atoms with van der Waals surface area (Å²) in [6.07, 6.45) is 1.60. The predicted molar refractivity (Wildman–Crippen MR) is 64.5 cm³/mol. The van der Waals surface area contributed by atoms with Crippen LogP contribution in [0, 0.1) is 13.8 Å². The highest BCUT2D eigenvalue weighted by atomic mass is 32.1. The van der Waals surface area contributed by atoms with Crippen LogP contribution in [0.3, 0.4) is 0 Å². The Hall–Kier alpha value is -1.95. The Morgan fingerprint density at radius 2 is 2.24 bits per heavy atom. The third kappa shape index (κ3) is 2.42. The summed E-state index contributed by atoms with van der Waals surface area (Å²) < 4.78 is 4.90. The summed E-state index contributed by atoms with van der Waals surface area (Å²) in [5.41, 5.74) is 0.512. The molecule has 88 valence electrons. The fraction of sp³-hybridized carbons (Fsp3) is 0.182. The molecule has 0 saturated heterocycles. The van der Waals surface area contributed by atoms with Gasteiger partial charge in [-0.1, -0.05) is 0 Å². The molecule has 0 atom stereocenters. The number of nitrogens with one attached hydrogen (secondary N) is 1.